The summed E-state index contributed by atoms with van der Waals surface area (Å²) in [6.45, 7) is 5.20. The summed E-state index contributed by atoms with van der Waals surface area (Å²) in [7, 11) is 0. The Kier molecular flexibility index (Phi) is 5.07. The van der Waals surface area contributed by atoms with E-state index in [-0.39, 0.29) is 0 Å². The third-order valence-corrected chi connectivity index (χ3v) is 6.24. The van der Waals surface area contributed by atoms with Crippen molar-refractivity contribution in [3.63, 3.8) is 0 Å². The minimum atomic E-state index is 0.762. The fraction of sp³-hybridized carbons (Fsp3) is 0.714. The smallest absolute Gasteiger partial charge is 0.234 e. The summed E-state index contributed by atoms with van der Waals surface area (Å²) in [5, 5.41) is 0. The van der Waals surface area contributed by atoms with Gasteiger partial charge in [-0.15, -0.1) is 0 Å². The van der Waals surface area contributed by atoms with E-state index in [0.717, 1.165) is 30.1 Å². The van der Waals surface area contributed by atoms with Gasteiger partial charge in [0.2, 0.25) is 5.78 Å². The first-order valence-electron chi connectivity index (χ1n) is 10.3. The molecular weight excluding hydrogens is 308 g/mol. The van der Waals surface area contributed by atoms with Gasteiger partial charge in [0.05, 0.1) is 5.69 Å². The Morgan fingerprint density at radius 1 is 0.920 bits per heavy atom. The first-order chi connectivity index (χ1) is 12.2. The van der Waals surface area contributed by atoms with E-state index in [0.29, 0.717) is 0 Å². The van der Waals surface area contributed by atoms with Crippen LogP contribution in [0.5, 0.6) is 0 Å². The molecule has 136 valence electrons. The maximum absolute atomic E-state index is 4.87. The molecule has 0 N–H and O–H groups in total. The zero-order valence-electron chi connectivity index (χ0n) is 15.9. The molecule has 25 heavy (non-hydrogen) atoms. The molecule has 0 saturated heterocycles. The van der Waals surface area contributed by atoms with Crippen LogP contribution in [0, 0.1) is 13.8 Å². The van der Waals surface area contributed by atoms with Crippen LogP contribution in [0.2, 0.25) is 0 Å². The standard InChI is InChI=1S/C21H32N4/c1-16-13-17(2)24-14-18(23-21(24)22-16)15-25(19-9-5-3-6-10-19)20-11-7-4-8-12-20/h13-14,19-20H,3-12,15H2,1-2H3. The van der Waals surface area contributed by atoms with Crippen LogP contribution in [0.25, 0.3) is 5.78 Å². The van der Waals surface area contributed by atoms with E-state index in [1.54, 1.807) is 0 Å². The van der Waals surface area contributed by atoms with Crippen molar-refractivity contribution < 1.29 is 0 Å². The van der Waals surface area contributed by atoms with E-state index in [1.807, 2.05) is 0 Å². The van der Waals surface area contributed by atoms with Crippen molar-refractivity contribution in [3.05, 3.63) is 29.3 Å². The average Bonchev–Trinajstić information content (AvgIpc) is 3.04. The zero-order valence-corrected chi connectivity index (χ0v) is 15.9. The average molecular weight is 341 g/mol. The van der Waals surface area contributed by atoms with Crippen LogP contribution in [0.4, 0.5) is 0 Å². The zero-order chi connectivity index (χ0) is 17.2. The first kappa shape index (κ1) is 17.0. The highest BCUT2D eigenvalue weighted by molar-refractivity contribution is 5.34. The van der Waals surface area contributed by atoms with E-state index in [1.165, 1.54) is 75.6 Å². The number of rotatable bonds is 4. The van der Waals surface area contributed by atoms with Gasteiger partial charge in [0.15, 0.2) is 0 Å². The van der Waals surface area contributed by atoms with Gasteiger partial charge >= 0.3 is 0 Å². The summed E-state index contributed by atoms with van der Waals surface area (Å²) in [6, 6.07) is 3.66. The van der Waals surface area contributed by atoms with Crippen LogP contribution in [-0.4, -0.2) is 31.4 Å². The first-order valence-corrected chi connectivity index (χ1v) is 10.3. The highest BCUT2D eigenvalue weighted by atomic mass is 15.2. The molecular formula is C21H32N4. The summed E-state index contributed by atoms with van der Waals surface area (Å²) < 4.78 is 2.16. The van der Waals surface area contributed by atoms with Gasteiger partial charge in [-0.3, -0.25) is 9.30 Å². The molecule has 0 bridgehead atoms. The summed E-state index contributed by atoms with van der Waals surface area (Å²) in [6.07, 6.45) is 16.2. The van der Waals surface area contributed by atoms with Crippen molar-refractivity contribution in [1.29, 1.82) is 0 Å². The van der Waals surface area contributed by atoms with Crippen LogP contribution in [0.3, 0.4) is 0 Å². The highest BCUT2D eigenvalue weighted by Gasteiger charge is 2.29. The Bertz CT molecular complexity index is 690. The lowest BCUT2D eigenvalue weighted by Gasteiger charge is -2.41. The fourth-order valence-corrected chi connectivity index (χ4v) is 4.96. The molecule has 0 atom stereocenters. The molecule has 0 aliphatic heterocycles. The highest BCUT2D eigenvalue weighted by Crippen LogP contribution is 2.31. The van der Waals surface area contributed by atoms with E-state index < -0.39 is 0 Å². The van der Waals surface area contributed by atoms with Gasteiger partial charge in [-0.25, -0.2) is 9.97 Å². The number of aromatic nitrogens is 3. The molecule has 2 fully saturated rings. The molecule has 4 heteroatoms. The molecule has 0 amide bonds. The topological polar surface area (TPSA) is 33.4 Å². The van der Waals surface area contributed by atoms with Crippen LogP contribution in [0.15, 0.2) is 12.3 Å². The molecule has 2 aromatic heterocycles. The summed E-state index contributed by atoms with van der Waals surface area (Å²) in [4.78, 5) is 12.3. The Balaban J connectivity index is 1.59. The van der Waals surface area contributed by atoms with Crippen LogP contribution in [0.1, 0.15) is 81.3 Å². The van der Waals surface area contributed by atoms with E-state index in [9.17, 15) is 0 Å². The molecule has 0 aromatic carbocycles. The number of imidazole rings is 1. The molecule has 2 aliphatic rings. The van der Waals surface area contributed by atoms with Crippen molar-refractivity contribution in [2.75, 3.05) is 0 Å². The molecule has 4 nitrogen and oxygen atoms in total. The number of hydrogen-bond donors (Lipinski definition) is 0. The predicted molar refractivity (Wildman–Crippen MR) is 102 cm³/mol. The van der Waals surface area contributed by atoms with Gasteiger partial charge in [-0.05, 0) is 45.6 Å². The van der Waals surface area contributed by atoms with E-state index in [2.05, 4.69) is 40.4 Å². The quantitative estimate of drug-likeness (QED) is 0.800. The lowest BCUT2D eigenvalue weighted by Crippen LogP contribution is -2.44. The lowest BCUT2D eigenvalue weighted by molar-refractivity contribution is 0.0720. The molecule has 2 saturated carbocycles. The number of aryl methyl sites for hydroxylation is 2. The Morgan fingerprint density at radius 3 is 2.12 bits per heavy atom. The molecule has 2 heterocycles. The third kappa shape index (κ3) is 3.74. The van der Waals surface area contributed by atoms with Crippen molar-refractivity contribution in [3.8, 4) is 0 Å². The Labute approximate surface area is 151 Å². The largest absolute Gasteiger partial charge is 0.292 e. The van der Waals surface area contributed by atoms with E-state index in [4.69, 9.17) is 4.98 Å². The van der Waals surface area contributed by atoms with Crippen molar-refractivity contribution >= 4 is 5.78 Å². The second-order valence-electron chi connectivity index (χ2n) is 8.20. The van der Waals surface area contributed by atoms with Crippen LogP contribution >= 0.6 is 0 Å². The van der Waals surface area contributed by atoms with Gasteiger partial charge in [0.25, 0.3) is 0 Å². The molecule has 0 spiro atoms. The molecule has 2 aliphatic carbocycles. The molecule has 0 unspecified atom stereocenters. The SMILES string of the molecule is Cc1cc(C)n2cc(CN(C3CCCCC3)C3CCCCC3)nc2n1. The molecule has 4 rings (SSSR count). The monoisotopic (exact) mass is 340 g/mol. The number of nitrogens with zero attached hydrogens (tertiary/aromatic N) is 4. The van der Waals surface area contributed by atoms with Gasteiger partial charge in [-0.2, -0.15) is 0 Å². The van der Waals surface area contributed by atoms with Crippen LogP contribution < -0.4 is 0 Å². The van der Waals surface area contributed by atoms with Crippen molar-refractivity contribution in [2.24, 2.45) is 0 Å². The van der Waals surface area contributed by atoms with Gasteiger partial charge in [-0.1, -0.05) is 38.5 Å². The molecule has 0 radical (unpaired) electrons. The predicted octanol–water partition coefficient (Wildman–Crippen LogP) is 4.81. The second-order valence-corrected chi connectivity index (χ2v) is 8.20. The normalized spacial score (nSPS) is 20.6. The van der Waals surface area contributed by atoms with Gasteiger partial charge < -0.3 is 0 Å². The van der Waals surface area contributed by atoms with Crippen molar-refractivity contribution in [1.82, 2.24) is 19.3 Å². The Morgan fingerprint density at radius 2 is 1.52 bits per heavy atom. The van der Waals surface area contributed by atoms with Gasteiger partial charge in [0, 0.05) is 36.2 Å². The maximum atomic E-state index is 4.87. The minimum absolute atomic E-state index is 0.762. The fourth-order valence-electron chi connectivity index (χ4n) is 4.96. The third-order valence-electron chi connectivity index (χ3n) is 6.24. The maximum Gasteiger partial charge on any atom is 0.234 e. The van der Waals surface area contributed by atoms with Crippen LogP contribution in [-0.2, 0) is 6.54 Å². The Hall–Kier alpha value is -1.42. The number of hydrogen-bond acceptors (Lipinski definition) is 3. The van der Waals surface area contributed by atoms with Gasteiger partial charge in [0.1, 0.15) is 0 Å². The minimum Gasteiger partial charge on any atom is -0.292 e. The van der Waals surface area contributed by atoms with E-state index >= 15 is 0 Å². The molecule has 2 aromatic rings. The second kappa shape index (κ2) is 7.45. The lowest BCUT2D eigenvalue weighted by atomic mass is 9.88. The summed E-state index contributed by atoms with van der Waals surface area (Å²) >= 11 is 0. The van der Waals surface area contributed by atoms with Crippen molar-refractivity contribution in [2.45, 2.75) is 96.7 Å². The summed E-state index contributed by atoms with van der Waals surface area (Å²) in [5.41, 5.74) is 3.47. The summed E-state index contributed by atoms with van der Waals surface area (Å²) in [5.74, 6) is 0.861. The number of fused-ring (bicyclic) bond motifs is 1.